The Morgan fingerprint density at radius 2 is 2.10 bits per heavy atom. The molecule has 0 heterocycles. The Balaban J connectivity index is 3.11. The van der Waals surface area contributed by atoms with Crippen molar-refractivity contribution in [3.8, 4) is 5.75 Å². The van der Waals surface area contributed by atoms with Gasteiger partial charge in [-0.1, -0.05) is 12.1 Å². The summed E-state index contributed by atoms with van der Waals surface area (Å²) in [7, 11) is 0.351. The molecule has 0 amide bonds. The van der Waals surface area contributed by atoms with Crippen molar-refractivity contribution in [1.29, 1.82) is 0 Å². The van der Waals surface area contributed by atoms with Gasteiger partial charge in [0.2, 0.25) is 0 Å². The minimum absolute atomic E-state index is 0.370. The highest BCUT2D eigenvalue weighted by Gasteiger charge is 2.20. The summed E-state index contributed by atoms with van der Waals surface area (Å²) in [5.74, 6) is 1.33. The molecule has 5 heteroatoms. The lowest BCUT2D eigenvalue weighted by atomic mass is 10.1. The maximum atomic E-state index is 12.2. The zero-order valence-corrected chi connectivity index (χ0v) is 14.1. The molecular weight excluding hydrogens is 294 g/mol. The Labute approximate surface area is 129 Å². The first-order chi connectivity index (χ1) is 9.38. The Kier molecular flexibility index (Phi) is 6.69. The summed E-state index contributed by atoms with van der Waals surface area (Å²) in [6, 6.07) is 7.65. The van der Waals surface area contributed by atoms with E-state index in [0.29, 0.717) is 12.3 Å². The maximum absolute atomic E-state index is 12.2. The van der Waals surface area contributed by atoms with E-state index in [1.807, 2.05) is 45.0 Å². The van der Waals surface area contributed by atoms with E-state index in [-0.39, 0.29) is 4.75 Å². The van der Waals surface area contributed by atoms with Gasteiger partial charge in [-0.3, -0.25) is 0 Å². The summed E-state index contributed by atoms with van der Waals surface area (Å²) < 4.78 is 21.5. The molecule has 0 aliphatic rings. The fraction of sp³-hybridized carbons (Fsp3) is 0.533. The molecule has 0 aliphatic carbocycles. The van der Waals surface area contributed by atoms with Crippen LogP contribution in [0.4, 0.5) is 0 Å². The summed E-state index contributed by atoms with van der Waals surface area (Å²) in [6.07, 6.45) is 1.51. The Bertz CT molecular complexity index is 495. The van der Waals surface area contributed by atoms with Crippen molar-refractivity contribution in [2.24, 2.45) is 4.40 Å². The van der Waals surface area contributed by atoms with E-state index in [0.717, 1.165) is 23.4 Å². The minimum atomic E-state index is -1.28. The van der Waals surface area contributed by atoms with Crippen LogP contribution < -0.4 is 4.74 Å². The van der Waals surface area contributed by atoms with E-state index >= 15 is 0 Å². The molecule has 20 heavy (non-hydrogen) atoms. The van der Waals surface area contributed by atoms with Gasteiger partial charge in [0.1, 0.15) is 16.7 Å². The van der Waals surface area contributed by atoms with Gasteiger partial charge in [0.25, 0.3) is 0 Å². The highest BCUT2D eigenvalue weighted by Crippen LogP contribution is 2.19. The second kappa shape index (κ2) is 7.79. The summed E-state index contributed by atoms with van der Waals surface area (Å²) in [5, 5.41) is 0. The van der Waals surface area contributed by atoms with Crippen molar-refractivity contribution in [2.75, 3.05) is 13.0 Å². The van der Waals surface area contributed by atoms with Gasteiger partial charge in [-0.15, -0.1) is 11.6 Å². The Morgan fingerprint density at radius 1 is 1.40 bits per heavy atom. The molecule has 0 bridgehead atoms. The van der Waals surface area contributed by atoms with Crippen molar-refractivity contribution in [3.05, 3.63) is 29.8 Å². The Hall–Kier alpha value is -0.870. The third-order valence-corrected chi connectivity index (χ3v) is 4.37. The van der Waals surface area contributed by atoms with Gasteiger partial charge < -0.3 is 4.74 Å². The number of hydrogen-bond donors (Lipinski definition) is 0. The molecule has 0 spiro atoms. The molecule has 112 valence electrons. The van der Waals surface area contributed by atoms with Crippen LogP contribution >= 0.6 is 11.6 Å². The van der Waals surface area contributed by atoms with Crippen LogP contribution in [0.15, 0.2) is 28.7 Å². The first-order valence-electron chi connectivity index (χ1n) is 6.58. The van der Waals surface area contributed by atoms with Crippen LogP contribution in [-0.4, -0.2) is 27.7 Å². The first-order valence-corrected chi connectivity index (χ1v) is 8.22. The summed E-state index contributed by atoms with van der Waals surface area (Å²) in [5.41, 5.74) is 1.75. The van der Waals surface area contributed by atoms with Crippen molar-refractivity contribution in [3.63, 3.8) is 0 Å². The number of hydrogen-bond acceptors (Lipinski definition) is 2. The van der Waals surface area contributed by atoms with Gasteiger partial charge in [-0.05, 0) is 45.7 Å². The van der Waals surface area contributed by atoms with Crippen molar-refractivity contribution < 1.29 is 8.95 Å². The largest absolute Gasteiger partial charge is 0.497 e. The zero-order chi connectivity index (χ0) is 15.2. The zero-order valence-electron chi connectivity index (χ0n) is 12.5. The number of benzene rings is 1. The van der Waals surface area contributed by atoms with Crippen molar-refractivity contribution >= 4 is 28.3 Å². The third-order valence-electron chi connectivity index (χ3n) is 2.67. The smallest absolute Gasteiger partial charge is 0.145 e. The van der Waals surface area contributed by atoms with Crippen molar-refractivity contribution in [2.45, 2.75) is 38.4 Å². The van der Waals surface area contributed by atoms with E-state index in [9.17, 15) is 4.21 Å². The highest BCUT2D eigenvalue weighted by atomic mass is 35.5. The number of halogens is 1. The number of rotatable bonds is 6. The number of ether oxygens (including phenoxy) is 1. The van der Waals surface area contributed by atoms with Crippen LogP contribution in [0.2, 0.25) is 0 Å². The van der Waals surface area contributed by atoms with Crippen LogP contribution in [0.25, 0.3) is 0 Å². The molecule has 1 atom stereocenters. The molecule has 0 aromatic heterocycles. The second-order valence-corrected chi connectivity index (χ2v) is 7.71. The molecule has 0 unspecified atom stereocenters. The van der Waals surface area contributed by atoms with Crippen LogP contribution in [-0.2, 0) is 11.0 Å². The maximum Gasteiger partial charge on any atom is 0.145 e. The normalized spacial score (nSPS) is 14.2. The highest BCUT2D eigenvalue weighted by molar-refractivity contribution is 7.85. The molecule has 1 aromatic rings. The van der Waals surface area contributed by atoms with E-state index in [2.05, 4.69) is 4.40 Å². The van der Waals surface area contributed by atoms with Crippen LogP contribution in [0.3, 0.4) is 0 Å². The lowest BCUT2D eigenvalue weighted by Crippen LogP contribution is -2.21. The molecule has 1 rings (SSSR count). The molecular formula is C15H22ClNO2S. The lowest BCUT2D eigenvalue weighted by Gasteiger charge is -2.15. The summed E-state index contributed by atoms with van der Waals surface area (Å²) in [4.78, 5) is 0. The van der Waals surface area contributed by atoms with E-state index < -0.39 is 11.0 Å². The van der Waals surface area contributed by atoms with Crippen LogP contribution in [0, 0.1) is 0 Å². The number of methoxy groups -OCH3 is 1. The fourth-order valence-corrected chi connectivity index (χ4v) is 2.32. The van der Waals surface area contributed by atoms with E-state index in [4.69, 9.17) is 16.3 Å². The fourth-order valence-electron chi connectivity index (χ4n) is 1.52. The van der Waals surface area contributed by atoms with Crippen molar-refractivity contribution in [1.82, 2.24) is 0 Å². The SMILES string of the molecule is COc1cccc(C(CCCCl)=N[S@@](=O)C(C)(C)C)c1. The molecule has 0 saturated heterocycles. The van der Waals surface area contributed by atoms with Gasteiger partial charge in [-0.2, -0.15) is 4.40 Å². The number of nitrogens with zero attached hydrogens (tertiary/aromatic N) is 1. The standard InChI is InChI=1S/C15H22ClNO2S/c1-15(2,3)20(18)17-14(9-6-10-16)12-7-5-8-13(11-12)19-4/h5,7-8,11H,6,9-10H2,1-4H3/t20-/m0/s1. The van der Waals surface area contributed by atoms with Gasteiger partial charge >= 0.3 is 0 Å². The summed E-state index contributed by atoms with van der Waals surface area (Å²) >= 11 is 5.76. The van der Waals surface area contributed by atoms with Gasteiger partial charge in [0, 0.05) is 11.4 Å². The number of alkyl halides is 1. The molecule has 0 fully saturated rings. The topological polar surface area (TPSA) is 38.7 Å². The van der Waals surface area contributed by atoms with Gasteiger partial charge in [0.05, 0.1) is 17.6 Å². The first kappa shape index (κ1) is 17.2. The quantitative estimate of drug-likeness (QED) is 0.588. The monoisotopic (exact) mass is 315 g/mol. The predicted molar refractivity (Wildman–Crippen MR) is 87.4 cm³/mol. The molecule has 3 nitrogen and oxygen atoms in total. The van der Waals surface area contributed by atoms with Gasteiger partial charge in [-0.25, -0.2) is 4.21 Å². The average molecular weight is 316 g/mol. The molecule has 0 radical (unpaired) electrons. The van der Waals surface area contributed by atoms with Gasteiger partial charge in [0.15, 0.2) is 0 Å². The predicted octanol–water partition coefficient (Wildman–Crippen LogP) is 3.97. The molecule has 0 saturated carbocycles. The minimum Gasteiger partial charge on any atom is -0.497 e. The molecule has 0 aliphatic heterocycles. The summed E-state index contributed by atoms with van der Waals surface area (Å²) in [6.45, 7) is 5.74. The Morgan fingerprint density at radius 3 is 2.65 bits per heavy atom. The lowest BCUT2D eigenvalue weighted by molar-refractivity contribution is 0.414. The second-order valence-electron chi connectivity index (χ2n) is 5.42. The average Bonchev–Trinajstić information content (AvgIpc) is 2.42. The van der Waals surface area contributed by atoms with E-state index in [1.165, 1.54) is 0 Å². The van der Waals surface area contributed by atoms with E-state index in [1.54, 1.807) is 7.11 Å². The third kappa shape index (κ3) is 5.25. The molecule has 0 N–H and O–H groups in total. The molecule has 1 aromatic carbocycles. The van der Waals surface area contributed by atoms with Crippen LogP contribution in [0.1, 0.15) is 39.2 Å². The van der Waals surface area contributed by atoms with Crippen LogP contribution in [0.5, 0.6) is 5.75 Å².